The number of piperidine rings is 1. The molecule has 1 fully saturated rings. The summed E-state index contributed by atoms with van der Waals surface area (Å²) >= 11 is 0. The summed E-state index contributed by atoms with van der Waals surface area (Å²) in [6.45, 7) is 6.83. The molecule has 3 rings (SSSR count). The molecule has 1 saturated heterocycles. The van der Waals surface area contributed by atoms with Gasteiger partial charge >= 0.3 is 0 Å². The van der Waals surface area contributed by atoms with Crippen LogP contribution in [0.1, 0.15) is 43.8 Å². The molecule has 0 spiro atoms. The van der Waals surface area contributed by atoms with Crippen molar-refractivity contribution in [2.75, 3.05) is 26.2 Å². The Labute approximate surface area is 114 Å². The van der Waals surface area contributed by atoms with Gasteiger partial charge in [0.1, 0.15) is 5.82 Å². The number of rotatable bonds is 3. The van der Waals surface area contributed by atoms with Crippen molar-refractivity contribution in [1.82, 2.24) is 19.7 Å². The first-order chi connectivity index (χ1) is 9.30. The lowest BCUT2D eigenvalue weighted by Gasteiger charge is -2.29. The molecule has 0 amide bonds. The van der Waals surface area contributed by atoms with Crippen LogP contribution in [0.3, 0.4) is 0 Å². The van der Waals surface area contributed by atoms with Crippen LogP contribution >= 0.6 is 0 Å². The molecule has 5 heteroatoms. The van der Waals surface area contributed by atoms with Gasteiger partial charge in [-0.25, -0.2) is 9.67 Å². The number of hydrogen-bond acceptors (Lipinski definition) is 4. The molecule has 1 aromatic rings. The van der Waals surface area contributed by atoms with E-state index in [-0.39, 0.29) is 6.61 Å². The predicted molar refractivity (Wildman–Crippen MR) is 73.0 cm³/mol. The summed E-state index contributed by atoms with van der Waals surface area (Å²) < 4.78 is 2.03. The molecule has 19 heavy (non-hydrogen) atoms. The minimum atomic E-state index is 0.267. The molecule has 3 heterocycles. The average Bonchev–Trinajstić information content (AvgIpc) is 2.90. The van der Waals surface area contributed by atoms with Gasteiger partial charge in [-0.15, -0.1) is 0 Å². The molecule has 0 bridgehead atoms. The SMILES string of the molecule is CCN1CCC(c2nc3n(n2)CC(CO)CC3)CC1. The van der Waals surface area contributed by atoms with E-state index in [0.29, 0.717) is 11.8 Å². The van der Waals surface area contributed by atoms with E-state index in [1.807, 2.05) is 4.68 Å². The number of hydrogen-bond donors (Lipinski definition) is 1. The first-order valence-electron chi connectivity index (χ1n) is 7.57. The minimum absolute atomic E-state index is 0.267. The molecule has 1 atom stereocenters. The monoisotopic (exact) mass is 264 g/mol. The van der Waals surface area contributed by atoms with E-state index in [0.717, 1.165) is 37.6 Å². The second-order valence-electron chi connectivity index (χ2n) is 5.86. The third-order valence-electron chi connectivity index (χ3n) is 4.63. The van der Waals surface area contributed by atoms with E-state index in [9.17, 15) is 5.11 Å². The fourth-order valence-corrected chi connectivity index (χ4v) is 3.22. The van der Waals surface area contributed by atoms with Crippen LogP contribution in [0.4, 0.5) is 0 Å². The first-order valence-corrected chi connectivity index (χ1v) is 7.57. The van der Waals surface area contributed by atoms with E-state index in [4.69, 9.17) is 10.1 Å². The standard InChI is InChI=1S/C14H24N4O/c1-2-17-7-5-12(6-8-17)14-15-13-4-3-11(10-19)9-18(13)16-14/h11-12,19H,2-10H2,1H3. The molecule has 106 valence electrons. The lowest BCUT2D eigenvalue weighted by molar-refractivity contribution is 0.184. The second kappa shape index (κ2) is 5.59. The largest absolute Gasteiger partial charge is 0.396 e. The Bertz CT molecular complexity index is 423. The van der Waals surface area contributed by atoms with Gasteiger partial charge in [-0.1, -0.05) is 6.92 Å². The van der Waals surface area contributed by atoms with E-state index in [2.05, 4.69) is 11.8 Å². The van der Waals surface area contributed by atoms with Gasteiger partial charge in [-0.2, -0.15) is 5.10 Å². The zero-order valence-corrected chi connectivity index (χ0v) is 11.8. The number of aryl methyl sites for hydroxylation is 1. The molecule has 1 aromatic heterocycles. The Morgan fingerprint density at radius 1 is 1.26 bits per heavy atom. The number of nitrogens with zero attached hydrogens (tertiary/aromatic N) is 4. The highest BCUT2D eigenvalue weighted by Gasteiger charge is 2.26. The average molecular weight is 264 g/mol. The smallest absolute Gasteiger partial charge is 0.154 e. The number of likely N-dealkylation sites (tertiary alicyclic amines) is 1. The Morgan fingerprint density at radius 2 is 2.05 bits per heavy atom. The van der Waals surface area contributed by atoms with Crippen molar-refractivity contribution in [3.63, 3.8) is 0 Å². The second-order valence-corrected chi connectivity index (χ2v) is 5.86. The fourth-order valence-electron chi connectivity index (χ4n) is 3.22. The van der Waals surface area contributed by atoms with Crippen LogP contribution < -0.4 is 0 Å². The molecule has 1 N–H and O–H groups in total. The summed E-state index contributed by atoms with van der Waals surface area (Å²) in [5, 5.41) is 14.0. The highest BCUT2D eigenvalue weighted by Crippen LogP contribution is 2.27. The Kier molecular flexibility index (Phi) is 3.84. The van der Waals surface area contributed by atoms with Crippen molar-refractivity contribution in [1.29, 1.82) is 0 Å². The Hall–Kier alpha value is -0.940. The van der Waals surface area contributed by atoms with Crippen LogP contribution in [0.15, 0.2) is 0 Å². The molecule has 2 aliphatic rings. The topological polar surface area (TPSA) is 54.2 Å². The lowest BCUT2D eigenvalue weighted by atomic mass is 9.96. The summed E-state index contributed by atoms with van der Waals surface area (Å²) in [5.74, 6) is 3.07. The molecule has 1 unspecified atom stereocenters. The molecule has 0 radical (unpaired) electrons. The fraction of sp³-hybridized carbons (Fsp3) is 0.857. The summed E-state index contributed by atoms with van der Waals surface area (Å²) in [7, 11) is 0. The summed E-state index contributed by atoms with van der Waals surface area (Å²) in [6.07, 6.45) is 4.37. The maximum absolute atomic E-state index is 9.26. The van der Waals surface area contributed by atoms with Crippen molar-refractivity contribution in [2.24, 2.45) is 5.92 Å². The van der Waals surface area contributed by atoms with Crippen molar-refractivity contribution in [2.45, 2.75) is 45.1 Å². The Morgan fingerprint density at radius 3 is 2.74 bits per heavy atom. The van der Waals surface area contributed by atoms with Crippen LogP contribution in [0, 0.1) is 5.92 Å². The maximum atomic E-state index is 9.26. The van der Waals surface area contributed by atoms with E-state index in [1.165, 1.54) is 25.9 Å². The van der Waals surface area contributed by atoms with Crippen LogP contribution in [0.5, 0.6) is 0 Å². The molecular weight excluding hydrogens is 240 g/mol. The van der Waals surface area contributed by atoms with Gasteiger partial charge in [0.25, 0.3) is 0 Å². The normalized spacial score (nSPS) is 25.5. The third-order valence-corrected chi connectivity index (χ3v) is 4.63. The number of fused-ring (bicyclic) bond motifs is 1. The van der Waals surface area contributed by atoms with Crippen molar-refractivity contribution < 1.29 is 5.11 Å². The zero-order valence-electron chi connectivity index (χ0n) is 11.8. The molecule has 2 aliphatic heterocycles. The van der Waals surface area contributed by atoms with Gasteiger partial charge < -0.3 is 10.0 Å². The molecular formula is C14H24N4O. The Balaban J connectivity index is 1.68. The van der Waals surface area contributed by atoms with Gasteiger partial charge in [0, 0.05) is 31.4 Å². The van der Waals surface area contributed by atoms with Gasteiger partial charge in [-0.05, 0) is 38.9 Å². The van der Waals surface area contributed by atoms with Crippen LogP contribution in [-0.4, -0.2) is 51.0 Å². The number of aliphatic hydroxyl groups excluding tert-OH is 1. The highest BCUT2D eigenvalue weighted by molar-refractivity contribution is 5.03. The first kappa shape index (κ1) is 13.1. The molecule has 0 aliphatic carbocycles. The maximum Gasteiger partial charge on any atom is 0.154 e. The van der Waals surface area contributed by atoms with E-state index < -0.39 is 0 Å². The van der Waals surface area contributed by atoms with Crippen molar-refractivity contribution >= 4 is 0 Å². The van der Waals surface area contributed by atoms with E-state index in [1.54, 1.807) is 0 Å². The quantitative estimate of drug-likeness (QED) is 0.886. The van der Waals surface area contributed by atoms with E-state index >= 15 is 0 Å². The minimum Gasteiger partial charge on any atom is -0.396 e. The third kappa shape index (κ3) is 2.67. The molecule has 0 saturated carbocycles. The van der Waals surface area contributed by atoms with Gasteiger partial charge in [0.05, 0.1) is 0 Å². The van der Waals surface area contributed by atoms with Gasteiger partial charge in [0.15, 0.2) is 5.82 Å². The van der Waals surface area contributed by atoms with Gasteiger partial charge in [-0.3, -0.25) is 0 Å². The lowest BCUT2D eigenvalue weighted by Crippen LogP contribution is -2.32. The van der Waals surface area contributed by atoms with Crippen LogP contribution in [-0.2, 0) is 13.0 Å². The number of aliphatic hydroxyl groups is 1. The summed E-state index contributed by atoms with van der Waals surface area (Å²) in [6, 6.07) is 0. The molecule has 5 nitrogen and oxygen atoms in total. The van der Waals surface area contributed by atoms with Crippen LogP contribution in [0.2, 0.25) is 0 Å². The zero-order chi connectivity index (χ0) is 13.2. The van der Waals surface area contributed by atoms with Gasteiger partial charge in [0.2, 0.25) is 0 Å². The molecule has 0 aromatic carbocycles. The van der Waals surface area contributed by atoms with Crippen molar-refractivity contribution in [3.05, 3.63) is 11.6 Å². The predicted octanol–water partition coefficient (Wildman–Crippen LogP) is 1.03. The highest BCUT2D eigenvalue weighted by atomic mass is 16.3. The summed E-state index contributed by atoms with van der Waals surface area (Å²) in [4.78, 5) is 7.24. The number of aromatic nitrogens is 3. The van der Waals surface area contributed by atoms with Crippen molar-refractivity contribution in [3.8, 4) is 0 Å². The summed E-state index contributed by atoms with van der Waals surface area (Å²) in [5.41, 5.74) is 0. The van der Waals surface area contributed by atoms with Crippen LogP contribution in [0.25, 0.3) is 0 Å².